The molecule has 0 bridgehead atoms. The molecule has 0 aliphatic carbocycles. The number of fused-ring (bicyclic) bond motifs is 1. The van der Waals surface area contributed by atoms with E-state index in [-0.39, 0.29) is 28.0 Å². The van der Waals surface area contributed by atoms with Gasteiger partial charge in [0, 0.05) is 12.1 Å². The average Bonchev–Trinajstić information content (AvgIpc) is 3.05. The normalized spacial score (nSPS) is 23.9. The molecule has 27 heavy (non-hydrogen) atoms. The van der Waals surface area contributed by atoms with Gasteiger partial charge in [0.1, 0.15) is 11.4 Å². The van der Waals surface area contributed by atoms with Gasteiger partial charge in [0.2, 0.25) is 5.91 Å². The Morgan fingerprint density at radius 2 is 1.93 bits per heavy atom. The van der Waals surface area contributed by atoms with Crippen molar-refractivity contribution in [2.75, 3.05) is 18.1 Å². The molecule has 0 N–H and O–H groups in total. The Kier molecular flexibility index (Phi) is 5.06. The van der Waals surface area contributed by atoms with Gasteiger partial charge in [-0.25, -0.2) is 21.1 Å². The first-order valence-electron chi connectivity index (χ1n) is 8.76. The van der Waals surface area contributed by atoms with Gasteiger partial charge in [-0.15, -0.1) is 0 Å². The molecule has 2 heterocycles. The van der Waals surface area contributed by atoms with Crippen LogP contribution in [0.1, 0.15) is 37.0 Å². The number of carbonyl (C=O) groups is 2. The average molecular weight is 415 g/mol. The summed E-state index contributed by atoms with van der Waals surface area (Å²) in [7, 11) is -7.30. The number of hydrogen-bond acceptors (Lipinski definition) is 6. The Bertz CT molecular complexity index is 986. The third-order valence-electron chi connectivity index (χ3n) is 5.15. The van der Waals surface area contributed by atoms with Crippen LogP contribution < -0.4 is 0 Å². The van der Waals surface area contributed by atoms with E-state index in [0.29, 0.717) is 17.1 Å². The summed E-state index contributed by atoms with van der Waals surface area (Å²) in [5, 5.41) is 0. The van der Waals surface area contributed by atoms with Crippen LogP contribution in [0.4, 0.5) is 0 Å². The van der Waals surface area contributed by atoms with Crippen LogP contribution in [0.2, 0.25) is 0 Å². The fourth-order valence-corrected chi connectivity index (χ4v) is 6.82. The molecule has 0 saturated carbocycles. The van der Waals surface area contributed by atoms with Crippen LogP contribution in [-0.2, 0) is 24.7 Å². The molecule has 0 aromatic heterocycles. The van der Waals surface area contributed by atoms with Gasteiger partial charge in [-0.1, -0.05) is 19.1 Å². The van der Waals surface area contributed by atoms with Gasteiger partial charge < -0.3 is 4.90 Å². The van der Waals surface area contributed by atoms with Gasteiger partial charge >= 0.3 is 0 Å². The van der Waals surface area contributed by atoms with Crippen molar-refractivity contribution in [2.24, 2.45) is 0 Å². The Labute approximate surface area is 159 Å². The molecule has 0 radical (unpaired) electrons. The van der Waals surface area contributed by atoms with Crippen LogP contribution in [0.3, 0.4) is 0 Å². The summed E-state index contributed by atoms with van der Waals surface area (Å²) in [5.41, 5.74) is 0.0452. The summed E-state index contributed by atoms with van der Waals surface area (Å²) in [6, 6.07) is 5.06. The standard InChI is InChI=1S/C17H22N2O6S2/c1-3-12(2)19(13-8-9-26(22,23)11-13)16(20)10-18-17(21)14-6-4-5-7-15(14)27(18,24)25/h4-7,12-13H,3,8-11H2,1-2H3/t12-,13+/m0/s1. The van der Waals surface area contributed by atoms with Crippen molar-refractivity contribution in [1.82, 2.24) is 9.21 Å². The highest BCUT2D eigenvalue weighted by molar-refractivity contribution is 7.91. The van der Waals surface area contributed by atoms with Crippen LogP contribution in [0.25, 0.3) is 0 Å². The van der Waals surface area contributed by atoms with E-state index < -0.39 is 44.3 Å². The molecule has 1 aromatic carbocycles. The first-order valence-corrected chi connectivity index (χ1v) is 12.0. The maximum absolute atomic E-state index is 13.0. The maximum atomic E-state index is 13.0. The van der Waals surface area contributed by atoms with Crippen LogP contribution in [0.5, 0.6) is 0 Å². The second kappa shape index (κ2) is 6.90. The lowest BCUT2D eigenvalue weighted by Crippen LogP contribution is -2.51. The zero-order chi connectivity index (χ0) is 20.0. The molecule has 148 valence electrons. The third-order valence-corrected chi connectivity index (χ3v) is 8.68. The van der Waals surface area contributed by atoms with E-state index in [9.17, 15) is 26.4 Å². The summed E-state index contributed by atoms with van der Waals surface area (Å²) in [6.07, 6.45) is 0.905. The van der Waals surface area contributed by atoms with Crippen molar-refractivity contribution in [2.45, 2.75) is 43.7 Å². The van der Waals surface area contributed by atoms with Crippen molar-refractivity contribution in [1.29, 1.82) is 0 Å². The minimum atomic E-state index is -4.08. The zero-order valence-electron chi connectivity index (χ0n) is 15.2. The molecule has 2 amide bonds. The number of benzene rings is 1. The summed E-state index contributed by atoms with van der Waals surface area (Å²) in [6.45, 7) is 3.02. The number of sulfone groups is 1. The van der Waals surface area contributed by atoms with E-state index in [0.717, 1.165) is 0 Å². The smallest absolute Gasteiger partial charge is 0.269 e. The minimum absolute atomic E-state index is 0.00423. The minimum Gasteiger partial charge on any atom is -0.334 e. The molecule has 1 fully saturated rings. The van der Waals surface area contributed by atoms with Crippen LogP contribution in [0.15, 0.2) is 29.2 Å². The van der Waals surface area contributed by atoms with Crippen molar-refractivity contribution in [3.05, 3.63) is 29.8 Å². The fraction of sp³-hybridized carbons (Fsp3) is 0.529. The van der Waals surface area contributed by atoms with Crippen LogP contribution in [0, 0.1) is 0 Å². The lowest BCUT2D eigenvalue weighted by molar-refractivity contribution is -0.135. The highest BCUT2D eigenvalue weighted by Gasteiger charge is 2.44. The molecule has 8 nitrogen and oxygen atoms in total. The van der Waals surface area contributed by atoms with Crippen molar-refractivity contribution < 1.29 is 26.4 Å². The summed E-state index contributed by atoms with van der Waals surface area (Å²) < 4.78 is 49.6. The van der Waals surface area contributed by atoms with E-state index in [2.05, 4.69) is 0 Å². The van der Waals surface area contributed by atoms with Crippen LogP contribution in [-0.4, -0.2) is 68.0 Å². The van der Waals surface area contributed by atoms with Crippen LogP contribution >= 0.6 is 0 Å². The van der Waals surface area contributed by atoms with E-state index in [1.807, 2.05) is 6.92 Å². The summed E-state index contributed by atoms with van der Waals surface area (Å²) >= 11 is 0. The third kappa shape index (κ3) is 3.47. The Balaban J connectivity index is 1.88. The predicted molar refractivity (Wildman–Crippen MR) is 98.3 cm³/mol. The van der Waals surface area contributed by atoms with Gasteiger partial charge in [-0.3, -0.25) is 9.59 Å². The number of nitrogens with zero attached hydrogens (tertiary/aromatic N) is 2. The van der Waals surface area contributed by atoms with E-state index >= 15 is 0 Å². The molecule has 0 spiro atoms. The topological polar surface area (TPSA) is 109 Å². The predicted octanol–water partition coefficient (Wildman–Crippen LogP) is 0.645. The number of hydrogen-bond donors (Lipinski definition) is 0. The molecule has 1 saturated heterocycles. The lowest BCUT2D eigenvalue weighted by atomic mass is 10.1. The summed E-state index contributed by atoms with van der Waals surface area (Å²) in [4.78, 5) is 26.8. The Hall–Kier alpha value is -1.94. The molecule has 3 rings (SSSR count). The number of rotatable bonds is 5. The van der Waals surface area contributed by atoms with Gasteiger partial charge in [0.25, 0.3) is 15.9 Å². The van der Waals surface area contributed by atoms with Gasteiger partial charge in [0.05, 0.1) is 17.1 Å². The van der Waals surface area contributed by atoms with E-state index in [1.165, 1.54) is 23.1 Å². The van der Waals surface area contributed by atoms with Crippen molar-refractivity contribution in [3.8, 4) is 0 Å². The molecule has 1 aromatic rings. The van der Waals surface area contributed by atoms with E-state index in [4.69, 9.17) is 0 Å². The van der Waals surface area contributed by atoms with Gasteiger partial charge in [-0.05, 0) is 31.9 Å². The molecule has 10 heteroatoms. The quantitative estimate of drug-likeness (QED) is 0.700. The molecule has 2 aliphatic rings. The Morgan fingerprint density at radius 3 is 2.48 bits per heavy atom. The summed E-state index contributed by atoms with van der Waals surface area (Å²) in [5.74, 6) is -1.42. The second-order valence-electron chi connectivity index (χ2n) is 6.93. The molecular formula is C17H22N2O6S2. The van der Waals surface area contributed by atoms with Gasteiger partial charge in [0.15, 0.2) is 9.84 Å². The molecular weight excluding hydrogens is 392 g/mol. The zero-order valence-corrected chi connectivity index (χ0v) is 16.8. The van der Waals surface area contributed by atoms with Crippen molar-refractivity contribution in [3.63, 3.8) is 0 Å². The molecule has 2 atom stereocenters. The SMILES string of the molecule is CC[C@H](C)N(C(=O)CN1C(=O)c2ccccc2S1(=O)=O)[C@@H]1CCS(=O)(=O)C1. The second-order valence-corrected chi connectivity index (χ2v) is 11.0. The van der Waals surface area contributed by atoms with Crippen molar-refractivity contribution >= 4 is 31.7 Å². The number of sulfonamides is 1. The first-order chi connectivity index (χ1) is 12.6. The van der Waals surface area contributed by atoms with E-state index in [1.54, 1.807) is 13.0 Å². The Morgan fingerprint density at radius 1 is 1.26 bits per heavy atom. The number of amides is 2. The molecule has 0 unspecified atom stereocenters. The monoisotopic (exact) mass is 414 g/mol. The largest absolute Gasteiger partial charge is 0.334 e. The van der Waals surface area contributed by atoms with Gasteiger partial charge in [-0.2, -0.15) is 0 Å². The fourth-order valence-electron chi connectivity index (χ4n) is 3.59. The highest BCUT2D eigenvalue weighted by atomic mass is 32.2. The molecule has 2 aliphatic heterocycles. The lowest BCUT2D eigenvalue weighted by Gasteiger charge is -2.34. The maximum Gasteiger partial charge on any atom is 0.269 e. The first kappa shape index (κ1) is 19.8. The number of carbonyl (C=O) groups excluding carboxylic acids is 2. The highest BCUT2D eigenvalue weighted by Crippen LogP contribution is 2.30.